The fourth-order valence-electron chi connectivity index (χ4n) is 3.17. The summed E-state index contributed by atoms with van der Waals surface area (Å²) in [7, 11) is 1.70. The van der Waals surface area contributed by atoms with Crippen LogP contribution in [0, 0.1) is 0 Å². The van der Waals surface area contributed by atoms with Gasteiger partial charge >= 0.3 is 0 Å². The van der Waals surface area contributed by atoms with Crippen LogP contribution in [0.25, 0.3) is 0 Å². The molecule has 1 aliphatic heterocycles. The fourth-order valence-corrected chi connectivity index (χ4v) is 3.17. The summed E-state index contributed by atoms with van der Waals surface area (Å²) >= 11 is 0. The van der Waals surface area contributed by atoms with Crippen molar-refractivity contribution in [2.75, 3.05) is 43.1 Å². The van der Waals surface area contributed by atoms with Gasteiger partial charge in [-0.3, -0.25) is 9.78 Å². The van der Waals surface area contributed by atoms with Crippen LogP contribution >= 0.6 is 0 Å². The molecule has 6 heteroatoms. The largest absolute Gasteiger partial charge is 0.495 e. The molecule has 0 saturated carbocycles. The van der Waals surface area contributed by atoms with Gasteiger partial charge in [-0.25, -0.2) is 0 Å². The fraction of sp³-hybridized carbons (Fsp3) is 0.400. The first-order chi connectivity index (χ1) is 12.6. The summed E-state index contributed by atoms with van der Waals surface area (Å²) in [5.41, 5.74) is 2.71. The lowest BCUT2D eigenvalue weighted by molar-refractivity contribution is 0.0943. The normalized spacial score (nSPS) is 14.5. The molecule has 0 bridgehead atoms. The number of para-hydroxylation sites is 2. The number of amides is 1. The Labute approximate surface area is 154 Å². The molecule has 1 aliphatic rings. The van der Waals surface area contributed by atoms with E-state index < -0.39 is 0 Å². The number of nitrogens with zero attached hydrogens (tertiary/aromatic N) is 3. The van der Waals surface area contributed by atoms with Crippen LogP contribution in [0.1, 0.15) is 24.2 Å². The molecule has 3 rings (SSSR count). The Kier molecular flexibility index (Phi) is 5.61. The van der Waals surface area contributed by atoms with Crippen LogP contribution in [0.15, 0.2) is 42.7 Å². The summed E-state index contributed by atoms with van der Waals surface area (Å²) in [6.07, 6.45) is 3.44. The maximum Gasteiger partial charge on any atom is 0.253 e. The monoisotopic (exact) mass is 354 g/mol. The molecular formula is C20H26N4O2. The van der Waals surface area contributed by atoms with Crippen LogP contribution in [0.3, 0.4) is 0 Å². The molecular weight excluding hydrogens is 328 g/mol. The van der Waals surface area contributed by atoms with Gasteiger partial charge in [0.2, 0.25) is 0 Å². The maximum atomic E-state index is 12.2. The lowest BCUT2D eigenvalue weighted by Crippen LogP contribution is -2.46. The number of pyridine rings is 1. The van der Waals surface area contributed by atoms with Gasteiger partial charge in [0.15, 0.2) is 0 Å². The van der Waals surface area contributed by atoms with Gasteiger partial charge in [0.1, 0.15) is 5.75 Å². The third kappa shape index (κ3) is 4.07. The summed E-state index contributed by atoms with van der Waals surface area (Å²) < 4.78 is 5.47. The number of hydrogen-bond acceptors (Lipinski definition) is 5. The van der Waals surface area contributed by atoms with Crippen molar-refractivity contribution in [3.8, 4) is 5.75 Å². The predicted molar refractivity (Wildman–Crippen MR) is 104 cm³/mol. The van der Waals surface area contributed by atoms with Crippen molar-refractivity contribution in [2.24, 2.45) is 0 Å². The number of hydrogen-bond donors (Lipinski definition) is 1. The van der Waals surface area contributed by atoms with E-state index >= 15 is 0 Å². The molecule has 138 valence electrons. The minimum absolute atomic E-state index is 0.0815. The van der Waals surface area contributed by atoms with Gasteiger partial charge in [0.05, 0.1) is 30.2 Å². The van der Waals surface area contributed by atoms with E-state index in [1.54, 1.807) is 13.3 Å². The van der Waals surface area contributed by atoms with Crippen molar-refractivity contribution in [3.63, 3.8) is 0 Å². The number of rotatable bonds is 5. The number of piperazine rings is 1. The van der Waals surface area contributed by atoms with Crippen molar-refractivity contribution in [2.45, 2.75) is 19.9 Å². The van der Waals surface area contributed by atoms with Crippen molar-refractivity contribution >= 4 is 17.3 Å². The number of carbonyl (C=O) groups is 1. The van der Waals surface area contributed by atoms with Gasteiger partial charge in [-0.15, -0.1) is 0 Å². The molecule has 0 spiro atoms. The number of ether oxygens (including phenoxy) is 1. The first-order valence-corrected chi connectivity index (χ1v) is 8.97. The minimum Gasteiger partial charge on any atom is -0.495 e. The number of carbonyl (C=O) groups excluding carboxylic acids is 1. The van der Waals surface area contributed by atoms with Crippen LogP contribution in [-0.4, -0.2) is 50.2 Å². The van der Waals surface area contributed by atoms with Crippen molar-refractivity contribution in [3.05, 3.63) is 48.3 Å². The molecule has 1 aromatic heterocycles. The number of nitrogens with one attached hydrogen (secondary N) is 1. The second-order valence-corrected chi connectivity index (χ2v) is 6.71. The van der Waals surface area contributed by atoms with Crippen LogP contribution in [0.4, 0.5) is 11.4 Å². The first-order valence-electron chi connectivity index (χ1n) is 8.97. The highest BCUT2D eigenvalue weighted by molar-refractivity contribution is 5.94. The van der Waals surface area contributed by atoms with Crippen molar-refractivity contribution in [1.82, 2.24) is 10.3 Å². The molecule has 1 amide bonds. The molecule has 0 radical (unpaired) electrons. The van der Waals surface area contributed by atoms with Crippen LogP contribution in [0.2, 0.25) is 0 Å². The molecule has 6 nitrogen and oxygen atoms in total. The molecule has 0 atom stereocenters. The molecule has 1 saturated heterocycles. The lowest BCUT2D eigenvalue weighted by Gasteiger charge is -2.37. The van der Waals surface area contributed by atoms with E-state index in [9.17, 15) is 4.79 Å². The third-order valence-corrected chi connectivity index (χ3v) is 4.48. The van der Waals surface area contributed by atoms with E-state index in [1.807, 2.05) is 44.3 Å². The topological polar surface area (TPSA) is 57.7 Å². The molecule has 0 unspecified atom stereocenters. The van der Waals surface area contributed by atoms with Gasteiger partial charge < -0.3 is 19.9 Å². The molecule has 1 fully saturated rings. The Bertz CT molecular complexity index is 755. The zero-order chi connectivity index (χ0) is 18.5. The number of benzene rings is 1. The molecule has 0 aliphatic carbocycles. The Hall–Kier alpha value is -2.76. The molecule has 1 N–H and O–H groups in total. The molecule has 2 heterocycles. The van der Waals surface area contributed by atoms with Gasteiger partial charge in [-0.05, 0) is 32.0 Å². The zero-order valence-corrected chi connectivity index (χ0v) is 15.6. The standard InChI is InChI=1S/C20H26N4O2/c1-15(2)22-20(25)16-12-17(14-21-13-16)23-8-10-24(11-9-23)18-6-4-5-7-19(18)26-3/h4-7,12-15H,8-11H2,1-3H3,(H,22,25). The van der Waals surface area contributed by atoms with Crippen molar-refractivity contribution in [1.29, 1.82) is 0 Å². The van der Waals surface area contributed by atoms with E-state index in [4.69, 9.17) is 4.74 Å². The smallest absolute Gasteiger partial charge is 0.253 e. The molecule has 2 aromatic rings. The van der Waals surface area contributed by atoms with Crippen LogP contribution in [-0.2, 0) is 0 Å². The summed E-state index contributed by atoms with van der Waals surface area (Å²) in [5, 5.41) is 2.91. The Morgan fingerprint density at radius 1 is 1.12 bits per heavy atom. The first kappa shape index (κ1) is 18.0. The Morgan fingerprint density at radius 2 is 1.81 bits per heavy atom. The second kappa shape index (κ2) is 8.08. The summed E-state index contributed by atoms with van der Waals surface area (Å²) in [5.74, 6) is 0.817. The second-order valence-electron chi connectivity index (χ2n) is 6.71. The van der Waals surface area contributed by atoms with Gasteiger partial charge in [0, 0.05) is 38.4 Å². The lowest BCUT2D eigenvalue weighted by atomic mass is 10.2. The minimum atomic E-state index is -0.0815. The number of methoxy groups -OCH3 is 1. The average molecular weight is 354 g/mol. The van der Waals surface area contributed by atoms with Gasteiger partial charge in [-0.1, -0.05) is 12.1 Å². The highest BCUT2D eigenvalue weighted by atomic mass is 16.5. The zero-order valence-electron chi connectivity index (χ0n) is 15.6. The van der Waals surface area contributed by atoms with E-state index in [2.05, 4.69) is 26.2 Å². The van der Waals surface area contributed by atoms with Crippen LogP contribution < -0.4 is 19.9 Å². The summed E-state index contributed by atoms with van der Waals surface area (Å²) in [6, 6.07) is 10.1. The summed E-state index contributed by atoms with van der Waals surface area (Å²) in [4.78, 5) is 21.1. The molecule has 26 heavy (non-hydrogen) atoms. The maximum absolute atomic E-state index is 12.2. The van der Waals surface area contributed by atoms with E-state index in [0.717, 1.165) is 43.3 Å². The van der Waals surface area contributed by atoms with E-state index in [1.165, 1.54) is 0 Å². The highest BCUT2D eigenvalue weighted by Gasteiger charge is 2.20. The number of anilines is 2. The van der Waals surface area contributed by atoms with Gasteiger partial charge in [0.25, 0.3) is 5.91 Å². The Balaban J connectivity index is 1.67. The Morgan fingerprint density at radius 3 is 2.50 bits per heavy atom. The van der Waals surface area contributed by atoms with Gasteiger partial charge in [-0.2, -0.15) is 0 Å². The number of aromatic nitrogens is 1. The van der Waals surface area contributed by atoms with Crippen molar-refractivity contribution < 1.29 is 9.53 Å². The average Bonchev–Trinajstić information content (AvgIpc) is 2.67. The van der Waals surface area contributed by atoms with E-state index in [0.29, 0.717) is 5.56 Å². The predicted octanol–water partition coefficient (Wildman–Crippen LogP) is 2.56. The quantitative estimate of drug-likeness (QED) is 0.894. The summed E-state index contributed by atoms with van der Waals surface area (Å²) in [6.45, 7) is 7.42. The molecule has 1 aromatic carbocycles. The highest BCUT2D eigenvalue weighted by Crippen LogP contribution is 2.29. The van der Waals surface area contributed by atoms with E-state index in [-0.39, 0.29) is 11.9 Å². The third-order valence-electron chi connectivity index (χ3n) is 4.48. The SMILES string of the molecule is COc1ccccc1N1CCN(c2cncc(C(=O)NC(C)C)c2)CC1. The van der Waals surface area contributed by atoms with Crippen LogP contribution in [0.5, 0.6) is 5.75 Å².